The number of pyridine rings is 1. The van der Waals surface area contributed by atoms with E-state index in [1.54, 1.807) is 6.07 Å². The zero-order chi connectivity index (χ0) is 17.8. The van der Waals surface area contributed by atoms with Crippen molar-refractivity contribution < 1.29 is 14.6 Å². The standard InChI is InChI=1S/C17H25ClN4O3/c1-21-7-4-13(5-8-21)25-14-9-15(18)20-16(10-14)19-12-3-2-6-22(11-12)17(23)24/h9-10,12-13H,2-8,11H2,1H3,(H,19,20)(H,23,24). The average molecular weight is 369 g/mol. The number of aromatic nitrogens is 1. The number of hydrogen-bond donors (Lipinski definition) is 2. The van der Waals surface area contributed by atoms with Gasteiger partial charge in [-0.15, -0.1) is 0 Å². The summed E-state index contributed by atoms with van der Waals surface area (Å²) in [6, 6.07) is 3.62. The Morgan fingerprint density at radius 3 is 2.80 bits per heavy atom. The Morgan fingerprint density at radius 1 is 1.32 bits per heavy atom. The van der Waals surface area contributed by atoms with Crippen LogP contribution >= 0.6 is 11.6 Å². The summed E-state index contributed by atoms with van der Waals surface area (Å²) in [7, 11) is 2.12. The first-order valence-corrected chi connectivity index (χ1v) is 9.14. The summed E-state index contributed by atoms with van der Waals surface area (Å²) in [5.41, 5.74) is 0. The van der Waals surface area contributed by atoms with Gasteiger partial charge in [-0.25, -0.2) is 9.78 Å². The molecule has 1 aromatic heterocycles. The van der Waals surface area contributed by atoms with Crippen LogP contribution in [0, 0.1) is 0 Å². The summed E-state index contributed by atoms with van der Waals surface area (Å²) in [5, 5.41) is 12.8. The van der Waals surface area contributed by atoms with Crippen LogP contribution in [0.1, 0.15) is 25.7 Å². The molecule has 2 saturated heterocycles. The molecule has 1 unspecified atom stereocenters. The molecular formula is C17H25ClN4O3. The average Bonchev–Trinajstić information content (AvgIpc) is 2.57. The third kappa shape index (κ3) is 5.12. The topological polar surface area (TPSA) is 77.9 Å². The maximum Gasteiger partial charge on any atom is 0.407 e. The van der Waals surface area contributed by atoms with E-state index < -0.39 is 6.09 Å². The van der Waals surface area contributed by atoms with Gasteiger partial charge in [-0.05, 0) is 32.7 Å². The number of nitrogens with zero attached hydrogens (tertiary/aromatic N) is 3. The number of carboxylic acid groups (broad SMARTS) is 1. The maximum absolute atomic E-state index is 11.1. The first-order chi connectivity index (χ1) is 12.0. The zero-order valence-electron chi connectivity index (χ0n) is 14.4. The highest BCUT2D eigenvalue weighted by Crippen LogP contribution is 2.25. The van der Waals surface area contributed by atoms with Crippen molar-refractivity contribution >= 4 is 23.5 Å². The van der Waals surface area contributed by atoms with Crippen molar-refractivity contribution in [2.75, 3.05) is 38.5 Å². The SMILES string of the molecule is CN1CCC(Oc2cc(Cl)nc(NC3CCCN(C(=O)O)C3)c2)CC1. The van der Waals surface area contributed by atoms with Gasteiger partial charge in [0.05, 0.1) is 0 Å². The smallest absolute Gasteiger partial charge is 0.407 e. The second-order valence-electron chi connectivity index (χ2n) is 6.84. The van der Waals surface area contributed by atoms with Crippen molar-refractivity contribution in [3.8, 4) is 5.75 Å². The predicted molar refractivity (Wildman–Crippen MR) is 96.6 cm³/mol. The Balaban J connectivity index is 1.62. The lowest BCUT2D eigenvalue weighted by Gasteiger charge is -2.32. The molecule has 2 fully saturated rings. The van der Waals surface area contributed by atoms with Gasteiger partial charge in [0.2, 0.25) is 0 Å². The van der Waals surface area contributed by atoms with Crippen molar-refractivity contribution in [1.29, 1.82) is 0 Å². The van der Waals surface area contributed by atoms with Crippen LogP contribution in [0.3, 0.4) is 0 Å². The number of amides is 1. The van der Waals surface area contributed by atoms with E-state index in [1.807, 2.05) is 6.07 Å². The molecule has 8 heteroatoms. The summed E-state index contributed by atoms with van der Waals surface area (Å²) in [5.74, 6) is 1.34. The molecule has 0 aromatic carbocycles. The normalized spacial score (nSPS) is 22.6. The van der Waals surface area contributed by atoms with E-state index in [0.29, 0.717) is 29.8 Å². The third-order valence-electron chi connectivity index (χ3n) is 4.78. The molecule has 0 saturated carbocycles. The molecule has 3 heterocycles. The van der Waals surface area contributed by atoms with E-state index in [1.165, 1.54) is 4.90 Å². The highest BCUT2D eigenvalue weighted by atomic mass is 35.5. The maximum atomic E-state index is 11.1. The van der Waals surface area contributed by atoms with E-state index in [9.17, 15) is 4.79 Å². The Kier molecular flexibility index (Phi) is 5.86. The van der Waals surface area contributed by atoms with Gasteiger partial charge in [-0.2, -0.15) is 0 Å². The number of ether oxygens (including phenoxy) is 1. The third-order valence-corrected chi connectivity index (χ3v) is 4.97. The molecule has 0 spiro atoms. The summed E-state index contributed by atoms with van der Waals surface area (Å²) < 4.78 is 6.08. The molecule has 25 heavy (non-hydrogen) atoms. The Labute approximate surface area is 152 Å². The van der Waals surface area contributed by atoms with Gasteiger partial charge in [0.1, 0.15) is 22.8 Å². The van der Waals surface area contributed by atoms with E-state index in [4.69, 9.17) is 21.4 Å². The number of hydrogen-bond acceptors (Lipinski definition) is 5. The number of nitrogens with one attached hydrogen (secondary N) is 1. The molecule has 7 nitrogen and oxygen atoms in total. The molecule has 0 aliphatic carbocycles. The van der Waals surface area contributed by atoms with Crippen LogP contribution in [0.5, 0.6) is 5.75 Å². The molecule has 1 amide bonds. The van der Waals surface area contributed by atoms with Crippen molar-refractivity contribution in [3.05, 3.63) is 17.3 Å². The van der Waals surface area contributed by atoms with Crippen LogP contribution < -0.4 is 10.1 Å². The molecule has 2 aliphatic heterocycles. The van der Waals surface area contributed by atoms with Crippen molar-refractivity contribution in [3.63, 3.8) is 0 Å². The minimum Gasteiger partial charge on any atom is -0.490 e. The highest BCUT2D eigenvalue weighted by molar-refractivity contribution is 6.29. The monoisotopic (exact) mass is 368 g/mol. The minimum absolute atomic E-state index is 0.0343. The predicted octanol–water partition coefficient (Wildman–Crippen LogP) is 2.76. The van der Waals surface area contributed by atoms with Crippen LogP contribution in [0.2, 0.25) is 5.15 Å². The minimum atomic E-state index is -0.878. The second-order valence-corrected chi connectivity index (χ2v) is 7.23. The number of halogens is 1. The van der Waals surface area contributed by atoms with Crippen molar-refractivity contribution in [1.82, 2.24) is 14.8 Å². The fourth-order valence-electron chi connectivity index (χ4n) is 3.39. The molecule has 1 atom stereocenters. The van der Waals surface area contributed by atoms with Gasteiger partial charge >= 0.3 is 6.09 Å². The van der Waals surface area contributed by atoms with Crippen LogP contribution in [0.25, 0.3) is 0 Å². The number of rotatable bonds is 4. The number of carbonyl (C=O) groups is 1. The summed E-state index contributed by atoms with van der Waals surface area (Å²) >= 11 is 6.14. The largest absolute Gasteiger partial charge is 0.490 e. The second kappa shape index (κ2) is 8.10. The Morgan fingerprint density at radius 2 is 2.08 bits per heavy atom. The number of likely N-dealkylation sites (tertiary alicyclic amines) is 2. The summed E-state index contributed by atoms with van der Waals surface area (Å²) in [6.07, 6.45) is 3.05. The van der Waals surface area contributed by atoms with E-state index in [0.717, 1.165) is 38.8 Å². The van der Waals surface area contributed by atoms with Gasteiger partial charge in [0.25, 0.3) is 0 Å². The number of anilines is 1. The Bertz CT molecular complexity index is 608. The fourth-order valence-corrected chi connectivity index (χ4v) is 3.59. The quantitative estimate of drug-likeness (QED) is 0.796. The molecule has 138 valence electrons. The van der Waals surface area contributed by atoms with Gasteiger partial charge in [0.15, 0.2) is 0 Å². The first-order valence-electron chi connectivity index (χ1n) is 8.77. The van der Waals surface area contributed by atoms with Gasteiger partial charge in [-0.3, -0.25) is 0 Å². The van der Waals surface area contributed by atoms with Crippen LogP contribution in [-0.2, 0) is 0 Å². The fraction of sp³-hybridized carbons (Fsp3) is 0.647. The number of piperidine rings is 2. The van der Waals surface area contributed by atoms with E-state index in [-0.39, 0.29) is 12.1 Å². The van der Waals surface area contributed by atoms with Crippen LogP contribution in [-0.4, -0.2) is 71.4 Å². The molecule has 2 N–H and O–H groups in total. The lowest BCUT2D eigenvalue weighted by Crippen LogP contribution is -2.44. The van der Waals surface area contributed by atoms with Crippen molar-refractivity contribution in [2.24, 2.45) is 0 Å². The van der Waals surface area contributed by atoms with Gasteiger partial charge in [0, 0.05) is 44.4 Å². The van der Waals surface area contributed by atoms with E-state index in [2.05, 4.69) is 22.2 Å². The molecule has 0 radical (unpaired) electrons. The lowest BCUT2D eigenvalue weighted by atomic mass is 10.1. The molecule has 3 rings (SSSR count). The van der Waals surface area contributed by atoms with Crippen molar-refractivity contribution in [2.45, 2.75) is 37.8 Å². The van der Waals surface area contributed by atoms with Crippen LogP contribution in [0.4, 0.5) is 10.6 Å². The van der Waals surface area contributed by atoms with Gasteiger partial charge in [-0.1, -0.05) is 11.6 Å². The molecule has 0 bridgehead atoms. The molecule has 2 aliphatic rings. The van der Waals surface area contributed by atoms with Gasteiger partial charge < -0.3 is 25.0 Å². The van der Waals surface area contributed by atoms with Crippen LogP contribution in [0.15, 0.2) is 12.1 Å². The first kappa shape index (κ1) is 18.1. The Hall–Kier alpha value is -1.73. The summed E-state index contributed by atoms with van der Waals surface area (Å²) in [4.78, 5) is 19.2. The summed E-state index contributed by atoms with van der Waals surface area (Å²) in [6.45, 7) is 3.10. The molecular weight excluding hydrogens is 344 g/mol. The molecule has 1 aromatic rings. The lowest BCUT2D eigenvalue weighted by molar-refractivity contribution is 0.114. The highest BCUT2D eigenvalue weighted by Gasteiger charge is 2.24. The van der Waals surface area contributed by atoms with E-state index >= 15 is 0 Å². The zero-order valence-corrected chi connectivity index (χ0v) is 15.2.